The van der Waals surface area contributed by atoms with E-state index in [0.717, 1.165) is 22.2 Å². The quantitative estimate of drug-likeness (QED) is 0.449. The second-order valence-corrected chi connectivity index (χ2v) is 6.05. The van der Waals surface area contributed by atoms with Crippen LogP contribution in [0, 0.1) is 17.5 Å². The van der Waals surface area contributed by atoms with E-state index in [1.807, 2.05) is 6.92 Å². The number of ether oxygens (including phenoxy) is 1. The Morgan fingerprint density at radius 1 is 1.10 bits per heavy atom. The molecular weight excluding hydrogens is 413 g/mol. The molecule has 2 aromatic carbocycles. The second-order valence-electron chi connectivity index (χ2n) is 4.28. The highest BCUT2D eigenvalue weighted by Gasteiger charge is 2.19. The third kappa shape index (κ3) is 3.61. The van der Waals surface area contributed by atoms with Crippen LogP contribution in [0.25, 0.3) is 0 Å². The summed E-state index contributed by atoms with van der Waals surface area (Å²) in [6.45, 7) is 2.41. The minimum absolute atomic E-state index is 0.288. The first kappa shape index (κ1) is 16.4. The van der Waals surface area contributed by atoms with Crippen LogP contribution < -0.4 is 4.74 Å². The molecule has 0 saturated carbocycles. The summed E-state index contributed by atoms with van der Waals surface area (Å²) in [6.07, 6.45) is 0. The van der Waals surface area contributed by atoms with Crippen LogP contribution in [0.1, 0.15) is 22.9 Å². The predicted molar refractivity (Wildman–Crippen MR) is 82.4 cm³/mol. The lowest BCUT2D eigenvalue weighted by Crippen LogP contribution is -2.00. The fourth-order valence-corrected chi connectivity index (χ4v) is 3.43. The molecule has 6 heteroatoms. The molecule has 112 valence electrons. The average Bonchev–Trinajstić information content (AvgIpc) is 2.44. The topological polar surface area (TPSA) is 9.23 Å². The SMILES string of the molecule is CCOc1ccc(C(Br)c2cc(F)c(F)c(F)c2)c(Br)c1. The van der Waals surface area contributed by atoms with Crippen LogP contribution in [0.4, 0.5) is 13.2 Å². The number of halogens is 5. The van der Waals surface area contributed by atoms with Gasteiger partial charge in [0, 0.05) is 4.47 Å². The van der Waals surface area contributed by atoms with Crippen LogP contribution in [0.2, 0.25) is 0 Å². The van der Waals surface area contributed by atoms with E-state index in [2.05, 4.69) is 31.9 Å². The molecule has 0 saturated heterocycles. The van der Waals surface area contributed by atoms with Gasteiger partial charge in [0.05, 0.1) is 11.4 Å². The molecule has 0 radical (unpaired) electrons. The van der Waals surface area contributed by atoms with Crippen molar-refractivity contribution >= 4 is 31.9 Å². The van der Waals surface area contributed by atoms with Gasteiger partial charge >= 0.3 is 0 Å². The summed E-state index contributed by atoms with van der Waals surface area (Å²) in [5.41, 5.74) is 1.04. The highest BCUT2D eigenvalue weighted by atomic mass is 79.9. The molecule has 2 aromatic rings. The van der Waals surface area contributed by atoms with E-state index in [1.165, 1.54) is 0 Å². The molecule has 0 aliphatic heterocycles. The van der Waals surface area contributed by atoms with Crippen molar-refractivity contribution in [3.63, 3.8) is 0 Å². The Morgan fingerprint density at radius 2 is 1.71 bits per heavy atom. The van der Waals surface area contributed by atoms with Gasteiger partial charge in [-0.05, 0) is 42.3 Å². The van der Waals surface area contributed by atoms with E-state index in [9.17, 15) is 13.2 Å². The summed E-state index contributed by atoms with van der Waals surface area (Å²) in [6, 6.07) is 7.24. The smallest absolute Gasteiger partial charge is 0.194 e. The first-order valence-corrected chi connectivity index (χ1v) is 7.85. The molecule has 1 atom stereocenters. The van der Waals surface area contributed by atoms with Crippen molar-refractivity contribution in [2.45, 2.75) is 11.8 Å². The van der Waals surface area contributed by atoms with E-state index in [4.69, 9.17) is 4.74 Å². The van der Waals surface area contributed by atoms with Gasteiger partial charge in [-0.2, -0.15) is 0 Å². The lowest BCUT2D eigenvalue weighted by Gasteiger charge is -2.14. The summed E-state index contributed by atoms with van der Waals surface area (Å²) >= 11 is 6.77. The minimum atomic E-state index is -1.47. The van der Waals surface area contributed by atoms with Gasteiger partial charge in [-0.15, -0.1) is 0 Å². The number of alkyl halides is 1. The summed E-state index contributed by atoms with van der Waals surface area (Å²) in [5, 5.41) is 0. The van der Waals surface area contributed by atoms with Gasteiger partial charge in [0.25, 0.3) is 0 Å². The van der Waals surface area contributed by atoms with Crippen molar-refractivity contribution in [3.05, 3.63) is 63.4 Å². The zero-order valence-corrected chi connectivity index (χ0v) is 14.1. The van der Waals surface area contributed by atoms with Gasteiger partial charge in [-0.1, -0.05) is 37.9 Å². The third-order valence-electron chi connectivity index (χ3n) is 2.85. The Balaban J connectivity index is 2.38. The molecule has 0 amide bonds. The molecule has 0 N–H and O–H groups in total. The van der Waals surface area contributed by atoms with Crippen LogP contribution in [0.3, 0.4) is 0 Å². The molecule has 0 aromatic heterocycles. The Labute approximate surface area is 137 Å². The number of benzene rings is 2. The molecule has 1 nitrogen and oxygen atoms in total. The standard InChI is InChI=1S/C15H11Br2F3O/c1-2-21-9-3-4-10(11(16)7-9)14(17)8-5-12(18)15(20)13(19)6-8/h3-7,14H,2H2,1H3. The molecule has 21 heavy (non-hydrogen) atoms. The molecule has 0 bridgehead atoms. The van der Waals surface area contributed by atoms with Crippen molar-refractivity contribution in [1.82, 2.24) is 0 Å². The third-order valence-corrected chi connectivity index (χ3v) is 4.56. The fourth-order valence-electron chi connectivity index (χ4n) is 1.87. The molecule has 2 rings (SSSR count). The van der Waals surface area contributed by atoms with Crippen molar-refractivity contribution in [2.75, 3.05) is 6.61 Å². The molecule has 0 fully saturated rings. The van der Waals surface area contributed by atoms with Crippen LogP contribution in [0.15, 0.2) is 34.8 Å². The maximum Gasteiger partial charge on any atom is 0.194 e. The maximum absolute atomic E-state index is 13.3. The fraction of sp³-hybridized carbons (Fsp3) is 0.200. The van der Waals surface area contributed by atoms with Crippen molar-refractivity contribution in [3.8, 4) is 5.75 Å². The normalized spacial score (nSPS) is 12.3. The lowest BCUT2D eigenvalue weighted by molar-refractivity contribution is 0.340. The molecule has 0 aliphatic carbocycles. The van der Waals surface area contributed by atoms with Crippen LogP contribution >= 0.6 is 31.9 Å². The zero-order valence-electron chi connectivity index (χ0n) is 11.0. The van der Waals surface area contributed by atoms with Crippen molar-refractivity contribution < 1.29 is 17.9 Å². The van der Waals surface area contributed by atoms with Crippen molar-refractivity contribution in [2.24, 2.45) is 0 Å². The Hall–Kier alpha value is -1.01. The molecule has 0 heterocycles. The van der Waals surface area contributed by atoms with E-state index in [-0.39, 0.29) is 5.56 Å². The first-order chi connectivity index (χ1) is 9.93. The number of hydrogen-bond acceptors (Lipinski definition) is 1. The van der Waals surface area contributed by atoms with Crippen LogP contribution in [0.5, 0.6) is 5.75 Å². The Morgan fingerprint density at radius 3 is 2.24 bits per heavy atom. The average molecular weight is 424 g/mol. The molecule has 1 unspecified atom stereocenters. The van der Waals surface area contributed by atoms with Gasteiger partial charge < -0.3 is 4.74 Å². The zero-order chi connectivity index (χ0) is 15.6. The summed E-state index contributed by atoms with van der Waals surface area (Å²) in [7, 11) is 0. The Kier molecular flexibility index (Phi) is 5.32. The van der Waals surface area contributed by atoms with Gasteiger partial charge in [-0.3, -0.25) is 0 Å². The lowest BCUT2D eigenvalue weighted by atomic mass is 10.0. The second kappa shape index (κ2) is 6.83. The predicted octanol–water partition coefficient (Wildman–Crippen LogP) is 5.75. The number of hydrogen-bond donors (Lipinski definition) is 0. The molecule has 0 aliphatic rings. The first-order valence-electron chi connectivity index (χ1n) is 6.14. The van der Waals surface area contributed by atoms with Gasteiger partial charge in [-0.25, -0.2) is 13.2 Å². The highest BCUT2D eigenvalue weighted by Crippen LogP contribution is 2.37. The molecule has 0 spiro atoms. The molecular formula is C15H11Br2F3O. The summed E-state index contributed by atoms with van der Waals surface area (Å²) in [4.78, 5) is -0.479. The van der Waals surface area contributed by atoms with E-state index in [1.54, 1.807) is 18.2 Å². The van der Waals surface area contributed by atoms with E-state index < -0.39 is 22.3 Å². The van der Waals surface area contributed by atoms with Gasteiger partial charge in [0.2, 0.25) is 0 Å². The summed E-state index contributed by atoms with van der Waals surface area (Å²) in [5.74, 6) is -3.21. The number of rotatable bonds is 4. The highest BCUT2D eigenvalue weighted by molar-refractivity contribution is 9.11. The largest absolute Gasteiger partial charge is 0.494 e. The van der Waals surface area contributed by atoms with Gasteiger partial charge in [0.1, 0.15) is 5.75 Å². The maximum atomic E-state index is 13.3. The van der Waals surface area contributed by atoms with Crippen molar-refractivity contribution in [1.29, 1.82) is 0 Å². The Bertz CT molecular complexity index is 638. The van der Waals surface area contributed by atoms with Gasteiger partial charge in [0.15, 0.2) is 17.5 Å². The van der Waals surface area contributed by atoms with E-state index >= 15 is 0 Å². The minimum Gasteiger partial charge on any atom is -0.494 e. The monoisotopic (exact) mass is 422 g/mol. The van der Waals surface area contributed by atoms with Crippen LogP contribution in [-0.4, -0.2) is 6.61 Å². The summed E-state index contributed by atoms with van der Waals surface area (Å²) < 4.78 is 45.7. The van der Waals surface area contributed by atoms with Crippen LogP contribution in [-0.2, 0) is 0 Å². The van der Waals surface area contributed by atoms with E-state index in [0.29, 0.717) is 12.4 Å².